The number of thiophene rings is 1. The summed E-state index contributed by atoms with van der Waals surface area (Å²) in [4.78, 5) is 0. The molecule has 1 unspecified atom stereocenters. The number of benzene rings is 9. The second kappa shape index (κ2) is 15.1. The maximum Gasteiger partial charge on any atom is 0.0547 e. The Labute approximate surface area is 379 Å². The summed E-state index contributed by atoms with van der Waals surface area (Å²) in [5, 5.41) is 5.28. The van der Waals surface area contributed by atoms with Gasteiger partial charge in [0.25, 0.3) is 0 Å². The fourth-order valence-corrected chi connectivity index (χ4v) is 12.4. The number of aromatic nitrogens is 1. The Hall–Kier alpha value is -7.00. The number of hydrogen-bond donors (Lipinski definition) is 0. The second-order valence-electron chi connectivity index (χ2n) is 18.4. The molecule has 0 spiro atoms. The lowest BCUT2D eigenvalue weighted by Gasteiger charge is -2.22. The molecule has 1 aliphatic rings. The van der Waals surface area contributed by atoms with E-state index in [1.165, 1.54) is 120 Å². The van der Waals surface area contributed by atoms with E-state index in [9.17, 15) is 0 Å². The van der Waals surface area contributed by atoms with Crippen LogP contribution in [0.15, 0.2) is 194 Å². The van der Waals surface area contributed by atoms with Crippen LogP contribution in [0.1, 0.15) is 60.9 Å². The largest absolute Gasteiger partial charge is 0.309 e. The summed E-state index contributed by atoms with van der Waals surface area (Å²) in [6.07, 6.45) is 2.01. The summed E-state index contributed by atoms with van der Waals surface area (Å²) in [5.74, 6) is 0.339. The summed E-state index contributed by atoms with van der Waals surface area (Å²) in [6, 6.07) is 72.9. The molecule has 64 heavy (non-hydrogen) atoms. The highest BCUT2D eigenvalue weighted by atomic mass is 32.1. The molecular weight excluding hydrogens is 791 g/mol. The van der Waals surface area contributed by atoms with Gasteiger partial charge in [0, 0.05) is 47.6 Å². The zero-order chi connectivity index (χ0) is 43.1. The minimum absolute atomic E-state index is 0.0535. The van der Waals surface area contributed by atoms with Gasteiger partial charge in [-0.15, -0.1) is 11.3 Å². The monoisotopic (exact) mass is 839 g/mol. The average Bonchev–Trinajstić information content (AvgIpc) is 3.96. The van der Waals surface area contributed by atoms with Crippen molar-refractivity contribution in [2.24, 2.45) is 0 Å². The van der Waals surface area contributed by atoms with Crippen LogP contribution in [0.5, 0.6) is 0 Å². The van der Waals surface area contributed by atoms with Gasteiger partial charge in [0.05, 0.1) is 11.0 Å². The molecule has 2 heteroatoms. The molecule has 0 radical (unpaired) electrons. The highest BCUT2D eigenvalue weighted by Crippen LogP contribution is 2.54. The van der Waals surface area contributed by atoms with Crippen molar-refractivity contribution in [3.05, 3.63) is 222 Å². The van der Waals surface area contributed by atoms with Crippen LogP contribution in [0.3, 0.4) is 0 Å². The predicted molar refractivity (Wildman–Crippen MR) is 275 cm³/mol. The van der Waals surface area contributed by atoms with Gasteiger partial charge in [-0.3, -0.25) is 0 Å². The third-order valence-electron chi connectivity index (χ3n) is 14.4. The maximum absolute atomic E-state index is 2.56. The zero-order valence-electron chi connectivity index (χ0n) is 36.8. The van der Waals surface area contributed by atoms with E-state index in [-0.39, 0.29) is 5.41 Å². The lowest BCUT2D eigenvalue weighted by molar-refractivity contribution is 0.660. The van der Waals surface area contributed by atoms with Crippen LogP contribution in [0.4, 0.5) is 0 Å². The minimum Gasteiger partial charge on any atom is -0.309 e. The van der Waals surface area contributed by atoms with Gasteiger partial charge in [-0.1, -0.05) is 172 Å². The molecule has 2 heterocycles. The first-order valence-electron chi connectivity index (χ1n) is 22.8. The molecule has 2 aromatic heterocycles. The summed E-state index contributed by atoms with van der Waals surface area (Å²) < 4.78 is 5.14. The highest BCUT2D eigenvalue weighted by Gasteiger charge is 2.37. The van der Waals surface area contributed by atoms with Crippen molar-refractivity contribution >= 4 is 53.3 Å². The maximum atomic E-state index is 2.56. The van der Waals surface area contributed by atoms with Gasteiger partial charge < -0.3 is 4.57 Å². The predicted octanol–water partition coefficient (Wildman–Crippen LogP) is 17.5. The fourth-order valence-electron chi connectivity index (χ4n) is 11.1. The first-order valence-corrected chi connectivity index (χ1v) is 23.7. The molecule has 1 aliphatic carbocycles. The molecule has 0 saturated heterocycles. The van der Waals surface area contributed by atoms with Crippen LogP contribution in [0, 0.1) is 6.92 Å². The Bertz CT molecular complexity index is 3620. The first-order chi connectivity index (χ1) is 31.4. The smallest absolute Gasteiger partial charge is 0.0547 e. The van der Waals surface area contributed by atoms with Crippen LogP contribution >= 0.6 is 11.3 Å². The zero-order valence-corrected chi connectivity index (χ0v) is 37.6. The normalized spacial score (nSPS) is 13.5. The fraction of sp³-hybridized carbons (Fsp3) is 0.129. The highest BCUT2D eigenvalue weighted by molar-refractivity contribution is 7.26. The Morgan fingerprint density at radius 1 is 0.500 bits per heavy atom. The Morgan fingerprint density at radius 3 is 2.02 bits per heavy atom. The van der Waals surface area contributed by atoms with E-state index in [4.69, 9.17) is 0 Å². The Kier molecular flexibility index (Phi) is 9.11. The average molecular weight is 840 g/mol. The van der Waals surface area contributed by atoms with Crippen LogP contribution in [-0.4, -0.2) is 4.57 Å². The van der Waals surface area contributed by atoms with E-state index in [0.29, 0.717) is 5.92 Å². The molecule has 12 rings (SSSR count). The molecule has 0 saturated carbocycles. The van der Waals surface area contributed by atoms with Crippen LogP contribution < -0.4 is 0 Å². The summed E-state index contributed by atoms with van der Waals surface area (Å²) in [7, 11) is 0. The number of nitrogens with zero attached hydrogens (tertiary/aromatic N) is 1. The van der Waals surface area contributed by atoms with Crippen molar-refractivity contribution in [3.63, 3.8) is 0 Å². The van der Waals surface area contributed by atoms with E-state index in [2.05, 4.69) is 226 Å². The van der Waals surface area contributed by atoms with Gasteiger partial charge in [-0.05, 0) is 135 Å². The van der Waals surface area contributed by atoms with Crippen molar-refractivity contribution in [1.82, 2.24) is 4.57 Å². The van der Waals surface area contributed by atoms with Crippen LogP contribution in [0.25, 0.3) is 92.2 Å². The van der Waals surface area contributed by atoms with Crippen molar-refractivity contribution in [3.8, 4) is 50.2 Å². The molecule has 1 atom stereocenters. The number of para-hydroxylation sites is 2. The van der Waals surface area contributed by atoms with E-state index in [0.717, 1.165) is 12.8 Å². The lowest BCUT2D eigenvalue weighted by Crippen LogP contribution is -2.14. The van der Waals surface area contributed by atoms with E-state index in [1.54, 1.807) is 0 Å². The molecule has 0 aliphatic heterocycles. The van der Waals surface area contributed by atoms with Crippen molar-refractivity contribution in [2.75, 3.05) is 0 Å². The molecule has 11 aromatic rings. The summed E-state index contributed by atoms with van der Waals surface area (Å²) >= 11 is 1.94. The van der Waals surface area contributed by atoms with Gasteiger partial charge in [0.1, 0.15) is 0 Å². The van der Waals surface area contributed by atoms with Gasteiger partial charge in [-0.25, -0.2) is 0 Å². The third-order valence-corrected chi connectivity index (χ3v) is 15.6. The Balaban J connectivity index is 0.940. The van der Waals surface area contributed by atoms with Crippen molar-refractivity contribution < 1.29 is 0 Å². The van der Waals surface area contributed by atoms with Gasteiger partial charge in [0.2, 0.25) is 0 Å². The molecule has 0 bridgehead atoms. The SMILES string of the molecule is CCC(Cc1ccccc1-c1ccc(-c2ccc3c4ccccc4n(-c4ccccc4)c3c2)cc1C)c1cc(-c2cccc3c2-c2ccccc2C3(C)C)c2sc3ccccc3c2c1. The van der Waals surface area contributed by atoms with E-state index >= 15 is 0 Å². The number of hydrogen-bond acceptors (Lipinski definition) is 1. The molecule has 0 amide bonds. The first kappa shape index (κ1) is 38.7. The van der Waals surface area contributed by atoms with Crippen molar-refractivity contribution in [2.45, 2.75) is 51.9 Å². The molecule has 308 valence electrons. The molecule has 0 N–H and O–H groups in total. The molecule has 0 fully saturated rings. The van der Waals surface area contributed by atoms with Gasteiger partial charge in [0.15, 0.2) is 0 Å². The minimum atomic E-state index is -0.0535. The molecule has 1 nitrogen and oxygen atoms in total. The van der Waals surface area contributed by atoms with E-state index < -0.39 is 0 Å². The number of rotatable bonds is 8. The summed E-state index contributed by atoms with van der Waals surface area (Å²) in [6.45, 7) is 9.43. The van der Waals surface area contributed by atoms with Crippen LogP contribution in [0.2, 0.25) is 0 Å². The van der Waals surface area contributed by atoms with E-state index in [1.807, 2.05) is 11.3 Å². The molecule has 9 aromatic carbocycles. The standard InChI is InChI=1S/C62H49NS/c1-5-40(44-36-53-50-23-13-16-29-59(50)64-61(53)54(37-44)51-25-17-27-56-60(51)52-24-11-14-26-55(52)62(56,3)4)35-43-18-9-10-21-47(43)46-32-30-41(34-39(46)2)42-31-33-49-48-22-12-15-28-57(48)63(58(49)38-42)45-19-7-6-8-20-45/h6-34,36-38,40H,5,35H2,1-4H3. The second-order valence-corrected chi connectivity index (χ2v) is 19.4. The number of fused-ring (bicyclic) bond motifs is 9. The quantitative estimate of drug-likeness (QED) is 0.144. The summed E-state index contributed by atoms with van der Waals surface area (Å²) in [5.41, 5.74) is 21.1. The molecular formula is C62H49NS. The van der Waals surface area contributed by atoms with Crippen LogP contribution in [-0.2, 0) is 11.8 Å². The van der Waals surface area contributed by atoms with Gasteiger partial charge in [-0.2, -0.15) is 0 Å². The topological polar surface area (TPSA) is 4.93 Å². The van der Waals surface area contributed by atoms with Crippen molar-refractivity contribution in [1.29, 1.82) is 0 Å². The number of aryl methyl sites for hydroxylation is 1. The Morgan fingerprint density at radius 2 is 1.17 bits per heavy atom. The lowest BCUT2D eigenvalue weighted by atomic mass is 9.81. The third kappa shape index (κ3) is 6.04. The van der Waals surface area contributed by atoms with Gasteiger partial charge >= 0.3 is 0 Å².